The summed E-state index contributed by atoms with van der Waals surface area (Å²) in [6, 6.07) is -1.06. The van der Waals surface area contributed by atoms with Crippen LogP contribution in [0, 0.1) is 11.3 Å². The molecule has 0 radical (unpaired) electrons. The summed E-state index contributed by atoms with van der Waals surface area (Å²) in [5, 5.41) is 12.2. The van der Waals surface area contributed by atoms with Crippen molar-refractivity contribution in [3.05, 3.63) is 0 Å². The number of hydrogen-bond acceptors (Lipinski definition) is 6. The predicted octanol–water partition coefficient (Wildman–Crippen LogP) is 1.15. The first-order valence-electron chi connectivity index (χ1n) is 8.48. The molecule has 0 heterocycles. The molecule has 1 rings (SSSR count). The van der Waals surface area contributed by atoms with Crippen molar-refractivity contribution in [2.24, 2.45) is 17.1 Å². The highest BCUT2D eigenvalue weighted by molar-refractivity contribution is 5.73. The van der Waals surface area contributed by atoms with Crippen molar-refractivity contribution in [1.82, 2.24) is 5.32 Å². The van der Waals surface area contributed by atoms with Crippen LogP contribution in [0.4, 0.5) is 0 Å². The van der Waals surface area contributed by atoms with E-state index in [1.54, 1.807) is 7.11 Å². The van der Waals surface area contributed by atoms with Gasteiger partial charge in [0.05, 0.1) is 31.7 Å². The molecule has 0 aromatic carbocycles. The van der Waals surface area contributed by atoms with E-state index in [4.69, 9.17) is 20.3 Å². The van der Waals surface area contributed by atoms with Gasteiger partial charge in [0.1, 0.15) is 12.0 Å². The second-order valence-corrected chi connectivity index (χ2v) is 7.71. The van der Waals surface area contributed by atoms with Gasteiger partial charge in [-0.3, -0.25) is 10.1 Å². The van der Waals surface area contributed by atoms with Crippen LogP contribution in [0.1, 0.15) is 46.5 Å². The first kappa shape index (κ1) is 21.0. The maximum Gasteiger partial charge on any atom is 0.305 e. The Kier molecular flexibility index (Phi) is 7.79. The fourth-order valence-electron chi connectivity index (χ4n) is 3.65. The minimum Gasteiger partial charge on any atom is -0.481 e. The van der Waals surface area contributed by atoms with Gasteiger partial charge in [-0.1, -0.05) is 20.8 Å². The van der Waals surface area contributed by atoms with E-state index in [1.165, 1.54) is 0 Å². The van der Waals surface area contributed by atoms with Gasteiger partial charge in [-0.15, -0.1) is 0 Å². The molecule has 7 nitrogen and oxygen atoms in total. The summed E-state index contributed by atoms with van der Waals surface area (Å²) in [6.45, 7) is 7.05. The number of nitrogens with two attached hydrogens (primary N) is 1. The molecule has 1 saturated carbocycles. The zero-order valence-corrected chi connectivity index (χ0v) is 15.2. The molecule has 0 aromatic rings. The van der Waals surface area contributed by atoms with E-state index in [2.05, 4.69) is 26.1 Å². The standard InChI is InChI=1S/C17H32N2O5/c1-16(2,3)14-6-5-7-17(14,24-11-12(18)10-23-4)19-13(9-20)8-15(21)22/h9,12-14,19H,5-8,10-11,18H2,1-4H3,(H,21,22)/t12?,13-,14?,17?/m0/s1. The Balaban J connectivity index is 2.97. The quantitative estimate of drug-likeness (QED) is 0.403. The Hall–Kier alpha value is -1.02. The van der Waals surface area contributed by atoms with E-state index < -0.39 is 17.7 Å². The SMILES string of the molecule is COCC(N)COC1(N[C@H](C=O)CC(=O)O)CCCC1C(C)(C)C. The van der Waals surface area contributed by atoms with Gasteiger partial charge < -0.3 is 25.1 Å². The minimum absolute atomic E-state index is 0.0501. The number of hydrogen-bond donors (Lipinski definition) is 3. The highest BCUT2D eigenvalue weighted by Gasteiger charge is 2.50. The maximum atomic E-state index is 11.3. The smallest absolute Gasteiger partial charge is 0.305 e. The first-order valence-corrected chi connectivity index (χ1v) is 8.48. The summed E-state index contributed by atoms with van der Waals surface area (Å²) < 4.78 is 11.2. The number of rotatable bonds is 10. The molecule has 0 spiro atoms. The van der Waals surface area contributed by atoms with Crippen molar-refractivity contribution >= 4 is 12.3 Å². The lowest BCUT2D eigenvalue weighted by molar-refractivity contribution is -0.147. The zero-order valence-electron chi connectivity index (χ0n) is 15.2. The maximum absolute atomic E-state index is 11.3. The number of carboxylic acid groups (broad SMARTS) is 1. The number of ether oxygens (including phenoxy) is 2. The van der Waals surface area contributed by atoms with Gasteiger partial charge in [-0.05, 0) is 24.7 Å². The largest absolute Gasteiger partial charge is 0.481 e. The average Bonchev–Trinajstić information content (AvgIpc) is 2.88. The fourth-order valence-corrected chi connectivity index (χ4v) is 3.65. The van der Waals surface area contributed by atoms with Crippen LogP contribution in [0.2, 0.25) is 0 Å². The van der Waals surface area contributed by atoms with Crippen molar-refractivity contribution in [3.8, 4) is 0 Å². The van der Waals surface area contributed by atoms with Crippen LogP contribution in [-0.4, -0.2) is 55.5 Å². The molecule has 0 aromatic heterocycles. The Morgan fingerprint density at radius 3 is 2.62 bits per heavy atom. The Bertz CT molecular complexity index is 424. The van der Waals surface area contributed by atoms with Crippen LogP contribution in [0.25, 0.3) is 0 Å². The van der Waals surface area contributed by atoms with Crippen molar-refractivity contribution in [2.75, 3.05) is 20.3 Å². The normalized spacial score (nSPS) is 27.0. The molecule has 0 amide bonds. The summed E-state index contributed by atoms with van der Waals surface area (Å²) in [7, 11) is 1.58. The van der Waals surface area contributed by atoms with Crippen LogP contribution in [0.3, 0.4) is 0 Å². The lowest BCUT2D eigenvalue weighted by atomic mass is 9.75. The number of carbonyl (C=O) groups is 2. The van der Waals surface area contributed by atoms with Crippen molar-refractivity contribution in [1.29, 1.82) is 0 Å². The molecule has 3 unspecified atom stereocenters. The number of carboxylic acids is 1. The van der Waals surface area contributed by atoms with Crippen LogP contribution in [0.15, 0.2) is 0 Å². The van der Waals surface area contributed by atoms with Gasteiger partial charge >= 0.3 is 5.97 Å². The van der Waals surface area contributed by atoms with Crippen molar-refractivity contribution in [2.45, 2.75) is 64.3 Å². The van der Waals surface area contributed by atoms with Gasteiger partial charge in [0.15, 0.2) is 0 Å². The molecule has 1 fully saturated rings. The third-order valence-corrected chi connectivity index (χ3v) is 4.57. The Labute approximate surface area is 144 Å². The third kappa shape index (κ3) is 5.81. The molecule has 24 heavy (non-hydrogen) atoms. The lowest BCUT2D eigenvalue weighted by Gasteiger charge is -2.44. The molecular weight excluding hydrogens is 312 g/mol. The first-order chi connectivity index (χ1) is 11.1. The highest BCUT2D eigenvalue weighted by Crippen LogP contribution is 2.47. The van der Waals surface area contributed by atoms with Crippen LogP contribution in [-0.2, 0) is 19.1 Å². The number of aldehydes is 1. The summed E-state index contributed by atoms with van der Waals surface area (Å²) in [5.74, 6) is -0.868. The number of methoxy groups -OCH3 is 1. The molecule has 0 saturated heterocycles. The van der Waals surface area contributed by atoms with Crippen LogP contribution in [0.5, 0.6) is 0 Å². The van der Waals surface area contributed by atoms with Gasteiger partial charge in [-0.2, -0.15) is 0 Å². The van der Waals surface area contributed by atoms with Gasteiger partial charge in [-0.25, -0.2) is 0 Å². The van der Waals surface area contributed by atoms with Gasteiger partial charge in [0.2, 0.25) is 0 Å². The predicted molar refractivity (Wildman–Crippen MR) is 90.6 cm³/mol. The molecule has 4 atom stereocenters. The molecule has 0 aliphatic heterocycles. The minimum atomic E-state index is -1.02. The molecule has 140 valence electrons. The fraction of sp³-hybridized carbons (Fsp3) is 0.882. The van der Waals surface area contributed by atoms with Crippen LogP contribution >= 0.6 is 0 Å². The monoisotopic (exact) mass is 344 g/mol. The van der Waals surface area contributed by atoms with Gasteiger partial charge in [0, 0.05) is 13.0 Å². The molecule has 7 heteroatoms. The number of aliphatic carboxylic acids is 1. The third-order valence-electron chi connectivity index (χ3n) is 4.57. The highest BCUT2D eigenvalue weighted by atomic mass is 16.5. The van der Waals surface area contributed by atoms with E-state index in [-0.39, 0.29) is 30.4 Å². The Morgan fingerprint density at radius 2 is 2.12 bits per heavy atom. The lowest BCUT2D eigenvalue weighted by Crippen LogP contribution is -2.59. The van der Waals surface area contributed by atoms with Crippen LogP contribution < -0.4 is 11.1 Å². The average molecular weight is 344 g/mol. The molecule has 4 N–H and O–H groups in total. The molecular formula is C17H32N2O5. The summed E-state index contributed by atoms with van der Waals surface area (Å²) in [5.41, 5.74) is 5.18. The number of nitrogens with one attached hydrogen (secondary N) is 1. The topological polar surface area (TPSA) is 111 Å². The second kappa shape index (κ2) is 8.89. The second-order valence-electron chi connectivity index (χ2n) is 7.71. The van der Waals surface area contributed by atoms with E-state index in [1.807, 2.05) is 0 Å². The molecule has 1 aliphatic carbocycles. The zero-order chi connectivity index (χ0) is 18.4. The van der Waals surface area contributed by atoms with E-state index in [0.29, 0.717) is 12.9 Å². The number of carbonyl (C=O) groups excluding carboxylic acids is 1. The van der Waals surface area contributed by atoms with Crippen molar-refractivity contribution < 1.29 is 24.2 Å². The van der Waals surface area contributed by atoms with Crippen molar-refractivity contribution in [3.63, 3.8) is 0 Å². The van der Waals surface area contributed by atoms with E-state index in [9.17, 15) is 9.59 Å². The summed E-state index contributed by atoms with van der Waals surface area (Å²) >= 11 is 0. The van der Waals surface area contributed by atoms with E-state index in [0.717, 1.165) is 19.3 Å². The summed E-state index contributed by atoms with van der Waals surface area (Å²) in [4.78, 5) is 22.3. The van der Waals surface area contributed by atoms with E-state index >= 15 is 0 Å². The summed E-state index contributed by atoms with van der Waals surface area (Å²) in [6.07, 6.45) is 3.00. The molecule has 0 bridgehead atoms. The van der Waals surface area contributed by atoms with Gasteiger partial charge in [0.25, 0.3) is 0 Å². The Morgan fingerprint density at radius 1 is 1.46 bits per heavy atom. The molecule has 1 aliphatic rings.